The topological polar surface area (TPSA) is 0 Å². The molecule has 0 saturated carbocycles. The van der Waals surface area contributed by atoms with Gasteiger partial charge in [-0.3, -0.25) is 0 Å². The zero-order valence-corrected chi connectivity index (χ0v) is 11.9. The molecule has 4 rings (SSSR count). The fraction of sp³-hybridized carbons (Fsp3) is 0. The summed E-state index contributed by atoms with van der Waals surface area (Å²) in [6, 6.07) is 21.9. The molecule has 0 amide bonds. The van der Waals surface area contributed by atoms with E-state index in [-0.39, 0.29) is 20.4 Å². The molecule has 0 saturated heterocycles. The van der Waals surface area contributed by atoms with Crippen LogP contribution >= 0.6 is 0 Å². The van der Waals surface area contributed by atoms with E-state index in [1.807, 2.05) is 0 Å². The average molecular weight is 388 g/mol. The van der Waals surface area contributed by atoms with Crippen molar-refractivity contribution < 1.29 is 20.4 Å². The third-order valence-electron chi connectivity index (χ3n) is 3.39. The smallest absolute Gasteiger partial charge is 0 e. The van der Waals surface area contributed by atoms with Crippen molar-refractivity contribution in [1.82, 2.24) is 0 Å². The fourth-order valence-electron chi connectivity index (χ4n) is 2.67. The largest absolute Gasteiger partial charge is 0.0610 e. The van der Waals surface area contributed by atoms with Crippen LogP contribution in [0.25, 0.3) is 32.3 Å². The number of benzene rings is 4. The molecule has 1 radical (unpaired) electrons. The molecule has 4 aromatic carbocycles. The first-order valence-electron chi connectivity index (χ1n) is 5.56. The summed E-state index contributed by atoms with van der Waals surface area (Å²) >= 11 is 0. The van der Waals surface area contributed by atoms with Crippen LogP contribution in [0.3, 0.4) is 0 Å². The van der Waals surface area contributed by atoms with Crippen molar-refractivity contribution >= 4 is 32.3 Å². The average Bonchev–Trinajstić information content (AvgIpc) is 2.36. The Balaban J connectivity index is 0.000000902. The third kappa shape index (κ3) is 1.40. The molecule has 0 fully saturated rings. The van der Waals surface area contributed by atoms with Gasteiger partial charge >= 0.3 is 0 Å². The van der Waals surface area contributed by atoms with E-state index in [1.165, 1.54) is 32.3 Å². The first kappa shape index (κ1) is 10.7. The van der Waals surface area contributed by atoms with Crippen LogP contribution in [0, 0.1) is 0 Å². The predicted octanol–water partition coefficient (Wildman–Crippen LogP) is 4.58. The second-order valence-electron chi connectivity index (χ2n) is 4.29. The molecule has 0 aromatic heterocycles. The minimum Gasteiger partial charge on any atom is -0.0610 e. The van der Waals surface area contributed by atoms with Crippen LogP contribution in [-0.4, -0.2) is 0 Å². The van der Waals surface area contributed by atoms with Gasteiger partial charge in [-0.15, -0.1) is 0 Å². The molecule has 81 valence electrons. The van der Waals surface area contributed by atoms with Gasteiger partial charge in [0.05, 0.1) is 0 Å². The van der Waals surface area contributed by atoms with Gasteiger partial charge < -0.3 is 0 Å². The van der Waals surface area contributed by atoms with Crippen molar-refractivity contribution in [2.45, 2.75) is 0 Å². The molecule has 4 aromatic rings. The Hall–Kier alpha value is -1.42. The van der Waals surface area contributed by atoms with Crippen molar-refractivity contribution in [3.8, 4) is 0 Å². The molecule has 0 aliphatic heterocycles. The van der Waals surface area contributed by atoms with Crippen molar-refractivity contribution in [2.24, 2.45) is 0 Å². The fourth-order valence-corrected chi connectivity index (χ4v) is 2.67. The molecule has 0 atom stereocenters. The van der Waals surface area contributed by atoms with E-state index in [4.69, 9.17) is 0 Å². The van der Waals surface area contributed by atoms with E-state index in [1.54, 1.807) is 0 Å². The van der Waals surface area contributed by atoms with Gasteiger partial charge in [0.2, 0.25) is 0 Å². The van der Waals surface area contributed by atoms with Crippen molar-refractivity contribution in [2.75, 3.05) is 0 Å². The second-order valence-corrected chi connectivity index (χ2v) is 4.29. The van der Waals surface area contributed by atoms with Gasteiger partial charge in [0.25, 0.3) is 0 Å². The molecule has 0 heterocycles. The zero-order chi connectivity index (χ0) is 10.5. The Bertz CT molecular complexity index is 672. The van der Waals surface area contributed by atoms with Gasteiger partial charge in [-0.2, -0.15) is 0 Å². The van der Waals surface area contributed by atoms with Gasteiger partial charge in [-0.05, 0) is 32.3 Å². The van der Waals surface area contributed by atoms with Gasteiger partial charge in [0.1, 0.15) is 0 Å². The van der Waals surface area contributed by atoms with E-state index in [9.17, 15) is 0 Å². The Kier molecular flexibility index (Phi) is 2.40. The first-order chi connectivity index (χ1) is 7.93. The van der Waals surface area contributed by atoms with Gasteiger partial charge in [0, 0.05) is 20.4 Å². The van der Waals surface area contributed by atoms with Gasteiger partial charge in [0.15, 0.2) is 0 Å². The maximum atomic E-state index is 2.21. The molecule has 0 nitrogen and oxygen atoms in total. The van der Waals surface area contributed by atoms with Crippen LogP contribution in [0.4, 0.5) is 0 Å². The van der Waals surface area contributed by atoms with E-state index in [0.29, 0.717) is 0 Å². The molecule has 0 unspecified atom stereocenters. The van der Waals surface area contributed by atoms with Crippen LogP contribution in [0.5, 0.6) is 0 Å². The van der Waals surface area contributed by atoms with Crippen LogP contribution in [0.2, 0.25) is 0 Å². The second kappa shape index (κ2) is 3.81. The molecular weight excluding hydrogens is 378 g/mol. The molecule has 0 bridgehead atoms. The number of hydrogen-bond donors (Lipinski definition) is 0. The first-order valence-corrected chi connectivity index (χ1v) is 5.56. The Morgan fingerprint density at radius 1 is 0.412 bits per heavy atom. The molecular formula is C16H10Re. The van der Waals surface area contributed by atoms with Crippen LogP contribution in [0.1, 0.15) is 0 Å². The van der Waals surface area contributed by atoms with E-state index < -0.39 is 0 Å². The quantitative estimate of drug-likeness (QED) is 0.387. The van der Waals surface area contributed by atoms with Crippen molar-refractivity contribution in [3.63, 3.8) is 0 Å². The van der Waals surface area contributed by atoms with E-state index in [2.05, 4.69) is 60.7 Å². The summed E-state index contributed by atoms with van der Waals surface area (Å²) in [5.41, 5.74) is 0. The molecule has 0 spiro atoms. The van der Waals surface area contributed by atoms with Crippen LogP contribution < -0.4 is 0 Å². The van der Waals surface area contributed by atoms with Gasteiger partial charge in [-0.25, -0.2) is 0 Å². The summed E-state index contributed by atoms with van der Waals surface area (Å²) in [7, 11) is 0. The monoisotopic (exact) mass is 389 g/mol. The van der Waals surface area contributed by atoms with Gasteiger partial charge in [-0.1, -0.05) is 60.7 Å². The van der Waals surface area contributed by atoms with Crippen LogP contribution in [-0.2, 0) is 20.4 Å². The Morgan fingerprint density at radius 3 is 1.00 bits per heavy atom. The molecule has 0 N–H and O–H groups in total. The Labute approximate surface area is 113 Å². The minimum atomic E-state index is 0. The summed E-state index contributed by atoms with van der Waals surface area (Å²) < 4.78 is 0. The molecule has 0 aliphatic rings. The van der Waals surface area contributed by atoms with E-state index >= 15 is 0 Å². The number of rotatable bonds is 0. The zero-order valence-electron chi connectivity index (χ0n) is 9.15. The maximum Gasteiger partial charge on any atom is 0 e. The summed E-state index contributed by atoms with van der Waals surface area (Å²) in [5, 5.41) is 8.14. The standard InChI is InChI=1S/C16H10.Re/c1-3-11-7-9-13-5-2-6-14-10-8-12(4-1)15(11)16(13)14;/h1-10H;. The summed E-state index contributed by atoms with van der Waals surface area (Å²) in [6.45, 7) is 0. The predicted molar refractivity (Wildman–Crippen MR) is 70.1 cm³/mol. The Morgan fingerprint density at radius 2 is 0.706 bits per heavy atom. The summed E-state index contributed by atoms with van der Waals surface area (Å²) in [5.74, 6) is 0. The molecule has 0 aliphatic carbocycles. The summed E-state index contributed by atoms with van der Waals surface area (Å²) in [4.78, 5) is 0. The van der Waals surface area contributed by atoms with E-state index in [0.717, 1.165) is 0 Å². The number of hydrogen-bond acceptors (Lipinski definition) is 0. The van der Waals surface area contributed by atoms with Crippen molar-refractivity contribution in [1.29, 1.82) is 0 Å². The summed E-state index contributed by atoms with van der Waals surface area (Å²) in [6.07, 6.45) is 0. The molecule has 17 heavy (non-hydrogen) atoms. The van der Waals surface area contributed by atoms with Crippen molar-refractivity contribution in [3.05, 3.63) is 60.7 Å². The normalized spacial score (nSPS) is 11.1. The third-order valence-corrected chi connectivity index (χ3v) is 3.39. The maximum absolute atomic E-state index is 2.21. The van der Waals surface area contributed by atoms with Crippen LogP contribution in [0.15, 0.2) is 60.7 Å². The minimum absolute atomic E-state index is 0. The molecule has 1 heteroatoms. The SMILES string of the molecule is [Re].c1cc2ccc3cccc4ccc(c1)c2c34.